The van der Waals surface area contributed by atoms with Crippen molar-refractivity contribution in [2.24, 2.45) is 0 Å². The SMILES string of the molecule is CC(C)(C)c1cc2cc(F)c(O)c(F)c2oc1=O. The summed E-state index contributed by atoms with van der Waals surface area (Å²) in [6.45, 7) is 5.37. The molecular formula is C13H12F2O3. The lowest BCUT2D eigenvalue weighted by Crippen LogP contribution is -2.21. The maximum Gasteiger partial charge on any atom is 0.340 e. The lowest BCUT2D eigenvalue weighted by Gasteiger charge is -2.17. The Kier molecular flexibility index (Phi) is 2.65. The van der Waals surface area contributed by atoms with Crippen molar-refractivity contribution in [1.82, 2.24) is 0 Å². The average molecular weight is 254 g/mol. The normalized spacial score (nSPS) is 12.1. The third kappa shape index (κ3) is 1.85. The second-order valence-electron chi connectivity index (χ2n) is 5.14. The summed E-state index contributed by atoms with van der Waals surface area (Å²) >= 11 is 0. The zero-order valence-corrected chi connectivity index (χ0v) is 10.2. The Hall–Kier alpha value is -1.91. The maximum atomic E-state index is 13.5. The Labute approximate surface area is 102 Å². The van der Waals surface area contributed by atoms with Crippen LogP contribution in [0.25, 0.3) is 11.0 Å². The van der Waals surface area contributed by atoms with Crippen LogP contribution >= 0.6 is 0 Å². The molecule has 0 unspecified atom stereocenters. The fourth-order valence-corrected chi connectivity index (χ4v) is 1.71. The fourth-order valence-electron chi connectivity index (χ4n) is 1.71. The van der Waals surface area contributed by atoms with Crippen LogP contribution in [0, 0.1) is 11.6 Å². The molecule has 2 aromatic rings. The summed E-state index contributed by atoms with van der Waals surface area (Å²) in [6.07, 6.45) is 0. The van der Waals surface area contributed by atoms with Crippen LogP contribution in [0.3, 0.4) is 0 Å². The monoisotopic (exact) mass is 254 g/mol. The molecule has 0 amide bonds. The van der Waals surface area contributed by atoms with Gasteiger partial charge in [-0.15, -0.1) is 0 Å². The van der Waals surface area contributed by atoms with E-state index in [2.05, 4.69) is 0 Å². The van der Waals surface area contributed by atoms with Crippen LogP contribution in [0.4, 0.5) is 8.78 Å². The molecule has 0 radical (unpaired) electrons. The van der Waals surface area contributed by atoms with Gasteiger partial charge in [0.2, 0.25) is 5.82 Å². The summed E-state index contributed by atoms with van der Waals surface area (Å²) in [7, 11) is 0. The maximum absolute atomic E-state index is 13.5. The Morgan fingerprint density at radius 3 is 2.39 bits per heavy atom. The van der Waals surface area contributed by atoms with Gasteiger partial charge in [-0.1, -0.05) is 20.8 Å². The molecule has 0 aliphatic carbocycles. The first-order valence-corrected chi connectivity index (χ1v) is 5.37. The molecule has 0 spiro atoms. The molecule has 0 aliphatic heterocycles. The summed E-state index contributed by atoms with van der Waals surface area (Å²) in [5.41, 5.74) is -1.31. The molecule has 3 nitrogen and oxygen atoms in total. The molecule has 0 saturated heterocycles. The van der Waals surface area contributed by atoms with E-state index in [0.29, 0.717) is 5.56 Å². The van der Waals surface area contributed by atoms with Crippen LogP contribution in [-0.2, 0) is 5.41 Å². The Bertz CT molecular complexity index is 681. The first-order valence-electron chi connectivity index (χ1n) is 5.37. The predicted octanol–water partition coefficient (Wildman–Crippen LogP) is 3.07. The molecule has 0 aliphatic rings. The van der Waals surface area contributed by atoms with Crippen LogP contribution in [0.2, 0.25) is 0 Å². The molecule has 1 N–H and O–H groups in total. The van der Waals surface area contributed by atoms with E-state index in [-0.39, 0.29) is 5.39 Å². The topological polar surface area (TPSA) is 50.4 Å². The van der Waals surface area contributed by atoms with Crippen LogP contribution in [0.1, 0.15) is 26.3 Å². The van der Waals surface area contributed by atoms with Crippen LogP contribution in [0.15, 0.2) is 21.3 Å². The van der Waals surface area contributed by atoms with Gasteiger partial charge < -0.3 is 9.52 Å². The molecule has 1 heterocycles. The van der Waals surface area contributed by atoms with Gasteiger partial charge in [0.25, 0.3) is 0 Å². The van der Waals surface area contributed by atoms with Crippen molar-refractivity contribution in [2.75, 3.05) is 0 Å². The number of aromatic hydroxyl groups is 1. The van der Waals surface area contributed by atoms with E-state index in [1.54, 1.807) is 20.8 Å². The van der Waals surface area contributed by atoms with Gasteiger partial charge in [0.1, 0.15) is 0 Å². The van der Waals surface area contributed by atoms with Gasteiger partial charge in [0, 0.05) is 10.9 Å². The van der Waals surface area contributed by atoms with Crippen molar-refractivity contribution in [3.63, 3.8) is 0 Å². The van der Waals surface area contributed by atoms with Crippen LogP contribution in [0.5, 0.6) is 5.75 Å². The third-order valence-electron chi connectivity index (χ3n) is 2.70. The number of hydrogen-bond donors (Lipinski definition) is 1. The quantitative estimate of drug-likeness (QED) is 0.735. The van der Waals surface area contributed by atoms with Gasteiger partial charge in [-0.2, -0.15) is 4.39 Å². The fraction of sp³-hybridized carbons (Fsp3) is 0.308. The highest BCUT2D eigenvalue weighted by Crippen LogP contribution is 2.30. The number of fused-ring (bicyclic) bond motifs is 1. The number of phenols is 1. The van der Waals surface area contributed by atoms with Crippen molar-refractivity contribution in [1.29, 1.82) is 0 Å². The molecule has 5 heteroatoms. The number of hydrogen-bond acceptors (Lipinski definition) is 3. The minimum Gasteiger partial charge on any atom is -0.503 e. The van der Waals surface area contributed by atoms with Gasteiger partial charge >= 0.3 is 5.63 Å². The lowest BCUT2D eigenvalue weighted by molar-refractivity contribution is 0.391. The molecule has 0 bridgehead atoms. The minimum absolute atomic E-state index is 0.104. The minimum atomic E-state index is -1.26. The molecule has 96 valence electrons. The Morgan fingerprint density at radius 2 is 1.83 bits per heavy atom. The average Bonchev–Trinajstić information content (AvgIpc) is 2.25. The van der Waals surface area contributed by atoms with Crippen molar-refractivity contribution < 1.29 is 18.3 Å². The predicted molar refractivity (Wildman–Crippen MR) is 62.8 cm³/mol. The van der Waals surface area contributed by atoms with Gasteiger partial charge in [-0.05, 0) is 17.5 Å². The van der Waals surface area contributed by atoms with Gasteiger partial charge in [-0.3, -0.25) is 0 Å². The van der Waals surface area contributed by atoms with Crippen molar-refractivity contribution in [3.8, 4) is 5.75 Å². The number of benzene rings is 1. The van der Waals surface area contributed by atoms with E-state index in [0.717, 1.165) is 6.07 Å². The summed E-state index contributed by atoms with van der Waals surface area (Å²) in [6, 6.07) is 2.32. The molecule has 2 rings (SSSR count). The van der Waals surface area contributed by atoms with E-state index in [9.17, 15) is 13.6 Å². The number of halogens is 2. The third-order valence-corrected chi connectivity index (χ3v) is 2.70. The summed E-state index contributed by atoms with van der Waals surface area (Å²) < 4.78 is 31.6. The first kappa shape index (κ1) is 12.5. The van der Waals surface area contributed by atoms with Gasteiger partial charge in [0.05, 0.1) is 0 Å². The zero-order valence-electron chi connectivity index (χ0n) is 10.2. The molecule has 1 aromatic heterocycles. The Morgan fingerprint density at radius 1 is 1.22 bits per heavy atom. The van der Waals surface area contributed by atoms with E-state index < -0.39 is 34.0 Å². The second-order valence-corrected chi connectivity index (χ2v) is 5.14. The molecule has 1 aromatic carbocycles. The van der Waals surface area contributed by atoms with E-state index >= 15 is 0 Å². The first-order chi connectivity index (χ1) is 8.21. The van der Waals surface area contributed by atoms with Crippen molar-refractivity contribution >= 4 is 11.0 Å². The van der Waals surface area contributed by atoms with E-state index in [4.69, 9.17) is 9.52 Å². The summed E-state index contributed by atoms with van der Waals surface area (Å²) in [4.78, 5) is 11.7. The Balaban J connectivity index is 2.90. The van der Waals surface area contributed by atoms with Gasteiger partial charge in [0.15, 0.2) is 17.1 Å². The summed E-state index contributed by atoms with van der Waals surface area (Å²) in [5, 5.41) is 9.22. The molecule has 18 heavy (non-hydrogen) atoms. The molecule has 0 saturated carbocycles. The zero-order chi connectivity index (χ0) is 13.7. The number of phenolic OH excluding ortho intramolecular Hbond substituents is 1. The summed E-state index contributed by atoms with van der Waals surface area (Å²) in [5.74, 6) is -3.49. The van der Waals surface area contributed by atoms with Crippen molar-refractivity contribution in [3.05, 3.63) is 39.8 Å². The number of rotatable bonds is 0. The van der Waals surface area contributed by atoms with Gasteiger partial charge in [-0.25, -0.2) is 9.18 Å². The van der Waals surface area contributed by atoms with E-state index in [1.807, 2.05) is 0 Å². The second kappa shape index (κ2) is 3.80. The largest absolute Gasteiger partial charge is 0.503 e. The smallest absolute Gasteiger partial charge is 0.340 e. The highest BCUT2D eigenvalue weighted by Gasteiger charge is 2.22. The standard InChI is InChI=1S/C13H12F2O3/c1-13(2,3)7-4-6-5-8(14)10(16)9(15)11(6)18-12(7)17/h4-5,16H,1-3H3. The lowest BCUT2D eigenvalue weighted by atomic mass is 9.88. The molecule has 0 fully saturated rings. The van der Waals surface area contributed by atoms with Crippen molar-refractivity contribution in [2.45, 2.75) is 26.2 Å². The van der Waals surface area contributed by atoms with E-state index in [1.165, 1.54) is 6.07 Å². The highest BCUT2D eigenvalue weighted by atomic mass is 19.1. The molecular weight excluding hydrogens is 242 g/mol. The van der Waals surface area contributed by atoms with Crippen LogP contribution < -0.4 is 5.63 Å². The van der Waals surface area contributed by atoms with Crippen LogP contribution in [-0.4, -0.2) is 5.11 Å². The molecule has 0 atom stereocenters. The highest BCUT2D eigenvalue weighted by molar-refractivity contribution is 5.79.